The van der Waals surface area contributed by atoms with Crippen LogP contribution in [0.4, 0.5) is 0 Å². The Morgan fingerprint density at radius 1 is 0.970 bits per heavy atom. The van der Waals surface area contributed by atoms with E-state index in [4.69, 9.17) is 4.74 Å². The summed E-state index contributed by atoms with van der Waals surface area (Å²) >= 11 is 0. The number of fused-ring (bicyclic) bond motifs is 3. The number of carbonyl (C=O) groups is 2. The fraction of sp³-hybridized carbons (Fsp3) is 0.214. The summed E-state index contributed by atoms with van der Waals surface area (Å²) in [6.07, 6.45) is 1.18. The highest BCUT2D eigenvalue weighted by molar-refractivity contribution is 5.96. The van der Waals surface area contributed by atoms with Crippen molar-refractivity contribution < 1.29 is 14.3 Å². The van der Waals surface area contributed by atoms with E-state index in [0.29, 0.717) is 25.1 Å². The third-order valence-corrected chi connectivity index (χ3v) is 6.53. The van der Waals surface area contributed by atoms with Crippen LogP contribution in [0.1, 0.15) is 45.1 Å². The highest BCUT2D eigenvalue weighted by Crippen LogP contribution is 2.32. The number of nitrogens with zero attached hydrogens (tertiary/aromatic N) is 1. The van der Waals surface area contributed by atoms with Crippen molar-refractivity contribution in [1.29, 1.82) is 0 Å². The van der Waals surface area contributed by atoms with Crippen LogP contribution in [0.5, 0.6) is 0 Å². The van der Waals surface area contributed by atoms with Gasteiger partial charge >= 0.3 is 5.97 Å². The van der Waals surface area contributed by atoms with E-state index in [0.717, 1.165) is 39.7 Å². The quantitative estimate of drug-likeness (QED) is 0.443. The number of nitrogens with one attached hydrogen (secondary N) is 1. The molecule has 3 aromatic carbocycles. The zero-order valence-electron chi connectivity index (χ0n) is 18.6. The normalized spacial score (nSPS) is 13.2. The molecule has 5 nitrogen and oxygen atoms in total. The zero-order valence-corrected chi connectivity index (χ0v) is 18.6. The Kier molecular flexibility index (Phi) is 5.69. The van der Waals surface area contributed by atoms with Gasteiger partial charge < -0.3 is 14.6 Å². The van der Waals surface area contributed by atoms with Crippen molar-refractivity contribution in [2.45, 2.75) is 25.3 Å². The van der Waals surface area contributed by atoms with E-state index in [1.54, 1.807) is 6.07 Å². The molecule has 0 bridgehead atoms. The summed E-state index contributed by atoms with van der Waals surface area (Å²) < 4.78 is 4.88. The Morgan fingerprint density at radius 2 is 1.64 bits per heavy atom. The lowest BCUT2D eigenvalue weighted by molar-refractivity contribution is -0.132. The molecule has 0 radical (unpaired) electrons. The van der Waals surface area contributed by atoms with Crippen molar-refractivity contribution in [3.05, 3.63) is 107 Å². The molecule has 0 unspecified atom stereocenters. The SMILES string of the molecule is COC(=O)c1ccc2[nH]c3c(c2c1)CN(C(=O)CC(c1ccccc1)c1ccccc1)CC3. The monoisotopic (exact) mass is 438 g/mol. The summed E-state index contributed by atoms with van der Waals surface area (Å²) in [6.45, 7) is 1.22. The van der Waals surface area contributed by atoms with E-state index < -0.39 is 0 Å². The Bertz CT molecular complexity index is 1260. The van der Waals surface area contributed by atoms with Gasteiger partial charge in [0.05, 0.1) is 12.7 Å². The molecule has 5 rings (SSSR count). The molecule has 0 saturated carbocycles. The maximum Gasteiger partial charge on any atom is 0.337 e. The number of ether oxygens (including phenoxy) is 1. The number of aromatic amines is 1. The lowest BCUT2D eigenvalue weighted by Gasteiger charge is -2.29. The summed E-state index contributed by atoms with van der Waals surface area (Å²) in [5.74, 6) is -0.212. The third-order valence-electron chi connectivity index (χ3n) is 6.53. The molecule has 1 aliphatic rings. The Labute approximate surface area is 193 Å². The van der Waals surface area contributed by atoms with Crippen LogP contribution in [0.25, 0.3) is 10.9 Å². The van der Waals surface area contributed by atoms with Gasteiger partial charge in [0.1, 0.15) is 0 Å². The third kappa shape index (κ3) is 4.14. The average Bonchev–Trinajstić information content (AvgIpc) is 3.24. The topological polar surface area (TPSA) is 62.4 Å². The number of benzene rings is 3. The maximum atomic E-state index is 13.5. The van der Waals surface area contributed by atoms with Crippen LogP contribution in [0, 0.1) is 0 Å². The van der Waals surface area contributed by atoms with Gasteiger partial charge in [0.25, 0.3) is 0 Å². The van der Waals surface area contributed by atoms with Crippen LogP contribution in [-0.2, 0) is 22.5 Å². The molecule has 2 heterocycles. The molecular formula is C28H26N2O3. The smallest absolute Gasteiger partial charge is 0.337 e. The summed E-state index contributed by atoms with van der Waals surface area (Å²) in [7, 11) is 1.38. The van der Waals surface area contributed by atoms with Crippen LogP contribution >= 0.6 is 0 Å². The highest BCUT2D eigenvalue weighted by Gasteiger charge is 2.27. The maximum absolute atomic E-state index is 13.5. The number of hydrogen-bond acceptors (Lipinski definition) is 3. The summed E-state index contributed by atoms with van der Waals surface area (Å²) in [4.78, 5) is 30.9. The number of methoxy groups -OCH3 is 1. The van der Waals surface area contributed by atoms with Crippen molar-refractivity contribution >= 4 is 22.8 Å². The van der Waals surface area contributed by atoms with E-state index >= 15 is 0 Å². The fourth-order valence-corrected chi connectivity index (χ4v) is 4.77. The minimum absolute atomic E-state index is 0.00944. The molecule has 33 heavy (non-hydrogen) atoms. The predicted molar refractivity (Wildman–Crippen MR) is 128 cm³/mol. The van der Waals surface area contributed by atoms with E-state index in [-0.39, 0.29) is 17.8 Å². The molecule has 1 aliphatic heterocycles. The standard InChI is InChI=1S/C28H26N2O3/c1-33-28(32)21-12-13-25-23(16-21)24-18-30(15-14-26(24)29-25)27(31)17-22(19-8-4-2-5-9-19)20-10-6-3-7-11-20/h2-13,16,22,29H,14-15,17-18H2,1H3. The molecule has 166 valence electrons. The number of rotatable bonds is 5. The van der Waals surface area contributed by atoms with Gasteiger partial charge in [0.15, 0.2) is 0 Å². The van der Waals surface area contributed by atoms with E-state index in [9.17, 15) is 9.59 Å². The first-order valence-electron chi connectivity index (χ1n) is 11.2. The molecule has 0 spiro atoms. The molecule has 0 aliphatic carbocycles. The van der Waals surface area contributed by atoms with Gasteiger partial charge in [0.2, 0.25) is 5.91 Å². The van der Waals surface area contributed by atoms with Crippen molar-refractivity contribution in [1.82, 2.24) is 9.88 Å². The molecule has 1 amide bonds. The van der Waals surface area contributed by atoms with Gasteiger partial charge in [-0.05, 0) is 29.3 Å². The molecule has 1 N–H and O–H groups in total. The first-order chi connectivity index (χ1) is 16.1. The molecule has 1 aromatic heterocycles. The van der Waals surface area contributed by atoms with Crippen LogP contribution < -0.4 is 0 Å². The number of H-pyrrole nitrogens is 1. The Morgan fingerprint density at radius 3 is 2.27 bits per heavy atom. The number of aromatic nitrogens is 1. The van der Waals surface area contributed by atoms with Crippen LogP contribution in [-0.4, -0.2) is 35.4 Å². The second kappa shape index (κ2) is 8.94. The fourth-order valence-electron chi connectivity index (χ4n) is 4.77. The molecular weight excluding hydrogens is 412 g/mol. The van der Waals surface area contributed by atoms with Crippen molar-refractivity contribution in [2.75, 3.05) is 13.7 Å². The largest absolute Gasteiger partial charge is 0.465 e. The van der Waals surface area contributed by atoms with Gasteiger partial charge in [0, 0.05) is 54.0 Å². The molecule has 0 saturated heterocycles. The second-order valence-electron chi connectivity index (χ2n) is 8.48. The van der Waals surface area contributed by atoms with E-state index in [1.165, 1.54) is 7.11 Å². The number of carbonyl (C=O) groups excluding carboxylic acids is 2. The predicted octanol–water partition coefficient (Wildman–Crippen LogP) is 5.06. The van der Waals surface area contributed by atoms with E-state index in [1.807, 2.05) is 53.4 Å². The minimum Gasteiger partial charge on any atom is -0.465 e. The van der Waals surface area contributed by atoms with Crippen molar-refractivity contribution in [2.24, 2.45) is 0 Å². The Balaban J connectivity index is 1.41. The van der Waals surface area contributed by atoms with Gasteiger partial charge in [-0.1, -0.05) is 60.7 Å². The lowest BCUT2D eigenvalue weighted by Crippen LogP contribution is -2.36. The highest BCUT2D eigenvalue weighted by atomic mass is 16.5. The average molecular weight is 439 g/mol. The first-order valence-corrected chi connectivity index (χ1v) is 11.2. The summed E-state index contributed by atoms with van der Waals surface area (Å²) in [6, 6.07) is 26.0. The first kappa shape index (κ1) is 21.0. The van der Waals surface area contributed by atoms with Gasteiger partial charge in [-0.15, -0.1) is 0 Å². The minimum atomic E-state index is -0.357. The number of esters is 1. The van der Waals surface area contributed by atoms with E-state index in [2.05, 4.69) is 29.2 Å². The van der Waals surface area contributed by atoms with Crippen LogP contribution in [0.15, 0.2) is 78.9 Å². The lowest BCUT2D eigenvalue weighted by atomic mass is 9.88. The zero-order chi connectivity index (χ0) is 22.8. The van der Waals surface area contributed by atoms with Crippen molar-refractivity contribution in [3.8, 4) is 0 Å². The van der Waals surface area contributed by atoms with Gasteiger partial charge in [-0.3, -0.25) is 4.79 Å². The van der Waals surface area contributed by atoms with Gasteiger partial charge in [-0.2, -0.15) is 0 Å². The van der Waals surface area contributed by atoms with Crippen LogP contribution in [0.2, 0.25) is 0 Å². The summed E-state index contributed by atoms with van der Waals surface area (Å²) in [5.41, 5.74) is 6.01. The van der Waals surface area contributed by atoms with Crippen molar-refractivity contribution in [3.63, 3.8) is 0 Å². The second-order valence-corrected chi connectivity index (χ2v) is 8.48. The van der Waals surface area contributed by atoms with Crippen LogP contribution in [0.3, 0.4) is 0 Å². The number of amides is 1. The molecule has 5 heteroatoms. The molecule has 0 fully saturated rings. The van der Waals surface area contributed by atoms with Gasteiger partial charge in [-0.25, -0.2) is 4.79 Å². The number of hydrogen-bond donors (Lipinski definition) is 1. The molecule has 0 atom stereocenters. The Hall–Kier alpha value is -3.86. The molecule has 4 aromatic rings. The summed E-state index contributed by atoms with van der Waals surface area (Å²) in [5, 5.41) is 0.980.